The van der Waals surface area contributed by atoms with Crippen LogP contribution < -0.4 is 10.0 Å². The second-order valence-electron chi connectivity index (χ2n) is 5.08. The molecule has 0 aliphatic heterocycles. The van der Waals surface area contributed by atoms with Gasteiger partial charge in [0, 0.05) is 34.5 Å². The standard InChI is InChI=1S/C16H13N5O2S3/c1-11-10-25-15(20-11)12(8-17)9-19-13-2-4-14(5-3-13)26(22,23)21-16-18-6-7-24-16/h2-7,9-10,19H,1H3,(H,18,21)/b12-9+. The number of thiazole rings is 2. The van der Waals surface area contributed by atoms with E-state index >= 15 is 0 Å². The highest BCUT2D eigenvalue weighted by molar-refractivity contribution is 7.93. The molecule has 7 nitrogen and oxygen atoms in total. The van der Waals surface area contributed by atoms with Gasteiger partial charge in [-0.1, -0.05) is 0 Å². The molecule has 0 saturated heterocycles. The van der Waals surface area contributed by atoms with Crippen molar-refractivity contribution >= 4 is 49.1 Å². The van der Waals surface area contributed by atoms with E-state index in [0.717, 1.165) is 5.69 Å². The zero-order valence-electron chi connectivity index (χ0n) is 13.5. The number of hydrogen-bond donors (Lipinski definition) is 2. The fraction of sp³-hybridized carbons (Fsp3) is 0.0625. The molecule has 10 heteroatoms. The largest absolute Gasteiger partial charge is 0.360 e. The first-order valence-corrected chi connectivity index (χ1v) is 10.5. The van der Waals surface area contributed by atoms with Crippen LogP contribution in [0.15, 0.2) is 52.3 Å². The van der Waals surface area contributed by atoms with Crippen molar-refractivity contribution in [3.05, 3.63) is 58.1 Å². The number of benzene rings is 1. The molecule has 0 fully saturated rings. The van der Waals surface area contributed by atoms with Crippen molar-refractivity contribution in [3.63, 3.8) is 0 Å². The van der Waals surface area contributed by atoms with Crippen molar-refractivity contribution in [1.29, 1.82) is 5.26 Å². The molecule has 2 heterocycles. The number of sulfonamides is 1. The number of nitriles is 1. The van der Waals surface area contributed by atoms with E-state index in [0.29, 0.717) is 21.4 Å². The summed E-state index contributed by atoms with van der Waals surface area (Å²) in [7, 11) is -3.68. The lowest BCUT2D eigenvalue weighted by atomic mass is 10.3. The van der Waals surface area contributed by atoms with Crippen molar-refractivity contribution in [2.45, 2.75) is 11.8 Å². The van der Waals surface area contributed by atoms with Crippen LogP contribution in [0.5, 0.6) is 0 Å². The average molecular weight is 404 g/mol. The smallest absolute Gasteiger partial charge is 0.263 e. The van der Waals surface area contributed by atoms with Gasteiger partial charge in [-0.15, -0.1) is 22.7 Å². The van der Waals surface area contributed by atoms with Crippen LogP contribution >= 0.6 is 22.7 Å². The van der Waals surface area contributed by atoms with E-state index in [2.05, 4.69) is 26.1 Å². The van der Waals surface area contributed by atoms with Gasteiger partial charge in [0.25, 0.3) is 10.0 Å². The highest BCUT2D eigenvalue weighted by Crippen LogP contribution is 2.21. The number of rotatable bonds is 6. The Morgan fingerprint density at radius 3 is 2.62 bits per heavy atom. The Bertz CT molecular complexity index is 1060. The van der Waals surface area contributed by atoms with E-state index in [9.17, 15) is 13.7 Å². The van der Waals surface area contributed by atoms with Gasteiger partial charge < -0.3 is 5.32 Å². The van der Waals surface area contributed by atoms with Gasteiger partial charge in [-0.05, 0) is 31.2 Å². The van der Waals surface area contributed by atoms with Gasteiger partial charge in [0.2, 0.25) is 0 Å². The third-order valence-corrected chi connectivity index (χ3v) is 6.34. The molecule has 26 heavy (non-hydrogen) atoms. The molecule has 0 spiro atoms. The Balaban J connectivity index is 1.73. The van der Waals surface area contributed by atoms with Crippen LogP contribution in [-0.2, 0) is 10.0 Å². The fourth-order valence-electron chi connectivity index (χ4n) is 1.95. The molecule has 0 aliphatic rings. The molecule has 3 aromatic rings. The predicted octanol–water partition coefficient (Wildman–Crippen LogP) is 3.69. The van der Waals surface area contributed by atoms with Crippen LogP contribution in [0.25, 0.3) is 5.57 Å². The van der Waals surface area contributed by atoms with Crippen LogP contribution in [0.1, 0.15) is 10.7 Å². The summed E-state index contributed by atoms with van der Waals surface area (Å²) in [5.41, 5.74) is 1.91. The van der Waals surface area contributed by atoms with Gasteiger partial charge in [-0.25, -0.2) is 18.4 Å². The number of allylic oxidation sites excluding steroid dienone is 1. The number of hydrogen-bond acceptors (Lipinski definition) is 8. The Hall–Kier alpha value is -2.74. The lowest BCUT2D eigenvalue weighted by Crippen LogP contribution is -2.12. The molecule has 0 unspecified atom stereocenters. The summed E-state index contributed by atoms with van der Waals surface area (Å²) >= 11 is 2.59. The molecule has 2 N–H and O–H groups in total. The Morgan fingerprint density at radius 1 is 1.27 bits per heavy atom. The van der Waals surface area contributed by atoms with Crippen molar-refractivity contribution < 1.29 is 8.42 Å². The van der Waals surface area contributed by atoms with Gasteiger partial charge in [0.1, 0.15) is 16.6 Å². The number of nitrogens with one attached hydrogen (secondary N) is 2. The number of aryl methyl sites for hydroxylation is 1. The van der Waals surface area contributed by atoms with Crippen LogP contribution in [0.3, 0.4) is 0 Å². The molecule has 1 aromatic carbocycles. The molecule has 2 aromatic heterocycles. The molecular weight excluding hydrogens is 390 g/mol. The summed E-state index contributed by atoms with van der Waals surface area (Å²) in [5.74, 6) is 0. The minimum Gasteiger partial charge on any atom is -0.360 e. The molecule has 0 aliphatic carbocycles. The van der Waals surface area contributed by atoms with Crippen molar-refractivity contribution in [3.8, 4) is 6.07 Å². The lowest BCUT2D eigenvalue weighted by molar-refractivity contribution is 0.601. The molecule has 0 amide bonds. The summed E-state index contributed by atoms with van der Waals surface area (Å²) in [4.78, 5) is 8.30. The van der Waals surface area contributed by atoms with Crippen molar-refractivity contribution in [2.24, 2.45) is 0 Å². The van der Waals surface area contributed by atoms with Gasteiger partial charge >= 0.3 is 0 Å². The Labute approximate surface area is 158 Å². The number of aromatic nitrogens is 2. The second-order valence-corrected chi connectivity index (χ2v) is 8.51. The van der Waals surface area contributed by atoms with Crippen LogP contribution in [0, 0.1) is 18.3 Å². The molecule has 0 saturated carbocycles. The number of nitrogens with zero attached hydrogens (tertiary/aromatic N) is 3. The quantitative estimate of drug-likeness (QED) is 0.608. The monoisotopic (exact) mass is 403 g/mol. The molecule has 0 bridgehead atoms. The third kappa shape index (κ3) is 4.26. The maximum atomic E-state index is 12.3. The molecule has 0 radical (unpaired) electrons. The maximum Gasteiger partial charge on any atom is 0.263 e. The molecule has 3 rings (SSSR count). The highest BCUT2D eigenvalue weighted by Gasteiger charge is 2.15. The molecule has 0 atom stereocenters. The van der Waals surface area contributed by atoms with E-state index in [-0.39, 0.29) is 4.90 Å². The second kappa shape index (κ2) is 7.65. The van der Waals surface area contributed by atoms with Crippen LogP contribution in [0.4, 0.5) is 10.8 Å². The van der Waals surface area contributed by atoms with E-state index in [4.69, 9.17) is 0 Å². The highest BCUT2D eigenvalue weighted by atomic mass is 32.2. The van der Waals surface area contributed by atoms with E-state index < -0.39 is 10.0 Å². The minimum absolute atomic E-state index is 0.123. The van der Waals surface area contributed by atoms with E-state index in [1.165, 1.54) is 41.0 Å². The summed E-state index contributed by atoms with van der Waals surface area (Å²) in [6.45, 7) is 1.86. The van der Waals surface area contributed by atoms with Crippen molar-refractivity contribution in [2.75, 3.05) is 10.0 Å². The van der Waals surface area contributed by atoms with E-state index in [1.807, 2.05) is 12.3 Å². The maximum absolute atomic E-state index is 12.3. The fourth-order valence-corrected chi connectivity index (χ4v) is 4.50. The van der Waals surface area contributed by atoms with Gasteiger partial charge in [-0.3, -0.25) is 4.72 Å². The lowest BCUT2D eigenvalue weighted by Gasteiger charge is -2.06. The van der Waals surface area contributed by atoms with Crippen LogP contribution in [-0.4, -0.2) is 18.4 Å². The summed E-state index contributed by atoms with van der Waals surface area (Å²) in [6, 6.07) is 8.29. The van der Waals surface area contributed by atoms with Gasteiger partial charge in [0.15, 0.2) is 5.13 Å². The summed E-state index contributed by atoms with van der Waals surface area (Å²) in [5, 5.41) is 16.7. The minimum atomic E-state index is -3.68. The topological polar surface area (TPSA) is 108 Å². The van der Waals surface area contributed by atoms with Gasteiger partial charge in [0.05, 0.1) is 4.90 Å². The predicted molar refractivity (Wildman–Crippen MR) is 103 cm³/mol. The average Bonchev–Trinajstić information content (AvgIpc) is 3.27. The zero-order chi connectivity index (χ0) is 18.6. The zero-order valence-corrected chi connectivity index (χ0v) is 16.0. The summed E-state index contributed by atoms with van der Waals surface area (Å²) < 4.78 is 27.0. The SMILES string of the molecule is Cc1csc(/C(C#N)=C/Nc2ccc(S(=O)(=O)Nc3nccs3)cc2)n1. The van der Waals surface area contributed by atoms with Crippen molar-refractivity contribution in [1.82, 2.24) is 9.97 Å². The molecular formula is C16H13N5O2S3. The first-order chi connectivity index (χ1) is 12.5. The Morgan fingerprint density at radius 2 is 2.04 bits per heavy atom. The van der Waals surface area contributed by atoms with Crippen LogP contribution in [0.2, 0.25) is 0 Å². The first-order valence-electron chi connectivity index (χ1n) is 7.29. The molecule has 132 valence electrons. The van der Waals surface area contributed by atoms with E-state index in [1.54, 1.807) is 23.7 Å². The Kier molecular flexibility index (Phi) is 5.32. The normalized spacial score (nSPS) is 11.8. The first kappa shape index (κ1) is 18.1. The third-order valence-electron chi connectivity index (χ3n) is 3.17. The van der Waals surface area contributed by atoms with Gasteiger partial charge in [-0.2, -0.15) is 5.26 Å². The summed E-state index contributed by atoms with van der Waals surface area (Å²) in [6.07, 6.45) is 3.08. The number of anilines is 2.